The van der Waals surface area contributed by atoms with Gasteiger partial charge in [-0.05, 0) is 53.6 Å². The lowest BCUT2D eigenvalue weighted by molar-refractivity contribution is -0.231. The minimum Gasteiger partial charge on any atom is -0.490 e. The molecule has 0 bridgehead atoms. The zero-order chi connectivity index (χ0) is 21.0. The molecule has 7 heteroatoms. The zero-order valence-corrected chi connectivity index (χ0v) is 17.1. The quantitative estimate of drug-likeness (QED) is 0.587. The van der Waals surface area contributed by atoms with E-state index in [9.17, 15) is 20.4 Å². The van der Waals surface area contributed by atoms with Crippen LogP contribution in [0.2, 0.25) is 5.02 Å². The van der Waals surface area contributed by atoms with Gasteiger partial charge in [0.1, 0.15) is 42.4 Å². The van der Waals surface area contributed by atoms with Crippen LogP contribution < -0.4 is 4.74 Å². The molecule has 30 heavy (non-hydrogen) atoms. The summed E-state index contributed by atoms with van der Waals surface area (Å²) in [6.45, 7) is -0.457. The number of aliphatic hydroxyl groups excluding tert-OH is 4. The average Bonchev–Trinajstić information content (AvgIpc) is 3.50. The van der Waals surface area contributed by atoms with Crippen molar-refractivity contribution in [1.82, 2.24) is 0 Å². The molecule has 2 aliphatic heterocycles. The SMILES string of the molecule is OC[C@H]1O[C@@H](c2ccc(Cl)c(Cc3ccc4c(c3)C[C@@H]3CC3O4)c2)[C@H](O)[C@@H](O)[C@@H]1O. The molecule has 1 saturated heterocycles. The van der Waals surface area contributed by atoms with Crippen molar-refractivity contribution in [2.24, 2.45) is 5.92 Å². The molecule has 1 aliphatic carbocycles. The van der Waals surface area contributed by atoms with E-state index in [0.717, 1.165) is 29.7 Å². The second-order valence-electron chi connectivity index (χ2n) is 8.58. The number of halogens is 1. The van der Waals surface area contributed by atoms with Crippen molar-refractivity contribution in [3.05, 3.63) is 63.7 Å². The molecule has 7 atom stereocenters. The van der Waals surface area contributed by atoms with Gasteiger partial charge in [0.15, 0.2) is 0 Å². The number of aliphatic hydroxyl groups is 4. The van der Waals surface area contributed by atoms with Crippen LogP contribution in [-0.2, 0) is 17.6 Å². The summed E-state index contributed by atoms with van der Waals surface area (Å²) in [6, 6.07) is 11.5. The average molecular weight is 433 g/mol. The molecule has 4 N–H and O–H groups in total. The number of ether oxygens (including phenoxy) is 2. The lowest BCUT2D eigenvalue weighted by Crippen LogP contribution is -2.55. The second-order valence-corrected chi connectivity index (χ2v) is 8.98. The summed E-state index contributed by atoms with van der Waals surface area (Å²) in [7, 11) is 0. The second kappa shape index (κ2) is 7.79. The summed E-state index contributed by atoms with van der Waals surface area (Å²) in [6.07, 6.45) is -2.74. The van der Waals surface area contributed by atoms with E-state index in [0.29, 0.717) is 29.0 Å². The number of hydrogen-bond donors (Lipinski definition) is 4. The van der Waals surface area contributed by atoms with Gasteiger partial charge in [-0.3, -0.25) is 0 Å². The first kappa shape index (κ1) is 20.2. The predicted octanol–water partition coefficient (Wildman–Crippen LogP) is 1.77. The van der Waals surface area contributed by atoms with Crippen LogP contribution in [0.25, 0.3) is 0 Å². The molecule has 160 valence electrons. The summed E-state index contributed by atoms with van der Waals surface area (Å²) in [5.41, 5.74) is 3.84. The smallest absolute Gasteiger partial charge is 0.122 e. The third-order valence-electron chi connectivity index (χ3n) is 6.43. The fourth-order valence-corrected chi connectivity index (χ4v) is 4.73. The molecule has 6 nitrogen and oxygen atoms in total. The Morgan fingerprint density at radius 2 is 1.83 bits per heavy atom. The van der Waals surface area contributed by atoms with Gasteiger partial charge >= 0.3 is 0 Å². The lowest BCUT2D eigenvalue weighted by atomic mass is 9.90. The van der Waals surface area contributed by atoms with E-state index >= 15 is 0 Å². The highest BCUT2D eigenvalue weighted by Crippen LogP contribution is 2.44. The molecular weight excluding hydrogens is 408 g/mol. The van der Waals surface area contributed by atoms with Crippen molar-refractivity contribution in [3.63, 3.8) is 0 Å². The fraction of sp³-hybridized carbons (Fsp3) is 0.478. The minimum atomic E-state index is -1.41. The first-order valence-corrected chi connectivity index (χ1v) is 10.7. The largest absolute Gasteiger partial charge is 0.490 e. The van der Waals surface area contributed by atoms with Gasteiger partial charge in [0, 0.05) is 10.9 Å². The topological polar surface area (TPSA) is 99.4 Å². The van der Waals surface area contributed by atoms with Crippen molar-refractivity contribution in [3.8, 4) is 5.75 Å². The maximum Gasteiger partial charge on any atom is 0.122 e. The Labute approximate surface area is 179 Å². The van der Waals surface area contributed by atoms with Crippen LogP contribution >= 0.6 is 11.6 Å². The van der Waals surface area contributed by atoms with E-state index in [4.69, 9.17) is 21.1 Å². The van der Waals surface area contributed by atoms with Crippen LogP contribution in [-0.4, -0.2) is 57.6 Å². The van der Waals surface area contributed by atoms with Crippen LogP contribution in [0.5, 0.6) is 5.75 Å². The Morgan fingerprint density at radius 1 is 1.00 bits per heavy atom. The lowest BCUT2D eigenvalue weighted by Gasteiger charge is -2.40. The van der Waals surface area contributed by atoms with Crippen LogP contribution in [0.4, 0.5) is 0 Å². The van der Waals surface area contributed by atoms with E-state index in [1.807, 2.05) is 18.2 Å². The van der Waals surface area contributed by atoms with Gasteiger partial charge in [-0.15, -0.1) is 0 Å². The summed E-state index contributed by atoms with van der Waals surface area (Å²) in [5, 5.41) is 40.6. The highest BCUT2D eigenvalue weighted by molar-refractivity contribution is 6.31. The molecule has 1 saturated carbocycles. The van der Waals surface area contributed by atoms with Crippen molar-refractivity contribution in [2.45, 2.75) is 55.9 Å². The monoisotopic (exact) mass is 432 g/mol. The molecule has 5 rings (SSSR count). The predicted molar refractivity (Wildman–Crippen MR) is 110 cm³/mol. The van der Waals surface area contributed by atoms with Crippen molar-refractivity contribution in [1.29, 1.82) is 0 Å². The molecule has 2 aromatic carbocycles. The molecule has 0 spiro atoms. The maximum absolute atomic E-state index is 10.4. The third kappa shape index (κ3) is 3.62. The third-order valence-corrected chi connectivity index (χ3v) is 6.80. The zero-order valence-electron chi connectivity index (χ0n) is 16.3. The van der Waals surface area contributed by atoms with Crippen molar-refractivity contribution in [2.75, 3.05) is 6.61 Å². The van der Waals surface area contributed by atoms with Crippen molar-refractivity contribution < 1.29 is 29.9 Å². The number of hydrogen-bond acceptors (Lipinski definition) is 6. The van der Waals surface area contributed by atoms with E-state index in [1.54, 1.807) is 12.1 Å². The summed E-state index contributed by atoms with van der Waals surface area (Å²) >= 11 is 6.45. The van der Waals surface area contributed by atoms with Gasteiger partial charge in [-0.2, -0.15) is 0 Å². The van der Waals surface area contributed by atoms with Crippen molar-refractivity contribution >= 4 is 11.6 Å². The van der Waals surface area contributed by atoms with E-state index in [2.05, 4.69) is 6.07 Å². The van der Waals surface area contributed by atoms with Gasteiger partial charge in [-0.1, -0.05) is 35.9 Å². The Hall–Kier alpha value is -1.67. The molecule has 0 aromatic heterocycles. The van der Waals surface area contributed by atoms with Crippen LogP contribution in [0, 0.1) is 5.92 Å². The van der Waals surface area contributed by atoms with Crippen LogP contribution in [0.3, 0.4) is 0 Å². The number of rotatable bonds is 4. The number of fused-ring (bicyclic) bond motifs is 2. The fourth-order valence-electron chi connectivity index (χ4n) is 4.55. The first-order valence-electron chi connectivity index (χ1n) is 10.3. The van der Waals surface area contributed by atoms with E-state index < -0.39 is 37.1 Å². The Bertz CT molecular complexity index is 947. The molecule has 2 heterocycles. The molecular formula is C23H25ClO6. The van der Waals surface area contributed by atoms with Gasteiger partial charge in [0.2, 0.25) is 0 Å². The highest BCUT2D eigenvalue weighted by atomic mass is 35.5. The van der Waals surface area contributed by atoms with Gasteiger partial charge < -0.3 is 29.9 Å². The molecule has 1 unspecified atom stereocenters. The standard InChI is InChI=1S/C23H25ClO6/c24-16-3-2-12(23-22(28)21(27)20(26)19(10-25)30-23)7-13(16)5-11-1-4-17-14(6-11)8-15-9-18(15)29-17/h1-4,6-7,15,18-23,25-28H,5,8-10H2/t15-,18?,19-,20-,21+,22-,23+/m1/s1. The molecule has 3 aliphatic rings. The summed E-state index contributed by atoms with van der Waals surface area (Å²) in [5.74, 6) is 1.62. The Balaban J connectivity index is 1.39. The first-order chi connectivity index (χ1) is 14.4. The van der Waals surface area contributed by atoms with Gasteiger partial charge in [0.05, 0.1) is 6.61 Å². The van der Waals surface area contributed by atoms with Crippen LogP contribution in [0.1, 0.15) is 34.8 Å². The van der Waals surface area contributed by atoms with Gasteiger partial charge in [0.25, 0.3) is 0 Å². The summed E-state index contributed by atoms with van der Waals surface area (Å²) in [4.78, 5) is 0. The molecule has 2 fully saturated rings. The van der Waals surface area contributed by atoms with Crippen LogP contribution in [0.15, 0.2) is 36.4 Å². The normalized spacial score (nSPS) is 34.6. The van der Waals surface area contributed by atoms with E-state index in [1.165, 1.54) is 5.56 Å². The Kier molecular flexibility index (Phi) is 5.25. The minimum absolute atomic E-state index is 0.396. The maximum atomic E-state index is 10.4. The Morgan fingerprint density at radius 3 is 2.63 bits per heavy atom. The highest BCUT2D eigenvalue weighted by Gasteiger charge is 2.44. The number of benzene rings is 2. The van der Waals surface area contributed by atoms with Gasteiger partial charge in [-0.25, -0.2) is 0 Å². The molecule has 2 aromatic rings. The summed E-state index contributed by atoms with van der Waals surface area (Å²) < 4.78 is 11.6. The molecule has 0 amide bonds. The molecule has 0 radical (unpaired) electrons. The van der Waals surface area contributed by atoms with E-state index in [-0.39, 0.29) is 0 Å².